The van der Waals surface area contributed by atoms with Crippen LogP contribution in [0.25, 0.3) is 0 Å². The summed E-state index contributed by atoms with van der Waals surface area (Å²) in [7, 11) is 0. The molecule has 4 aromatic rings. The monoisotopic (exact) mass is 1240 g/mol. The number of rotatable bonds is 28. The fourth-order valence-corrected chi connectivity index (χ4v) is 13.3. The minimum absolute atomic E-state index is 0.00842. The van der Waals surface area contributed by atoms with Crippen LogP contribution in [0.2, 0.25) is 0 Å². The molecule has 16 nitrogen and oxygen atoms in total. The maximum atomic E-state index is 13.4. The summed E-state index contributed by atoms with van der Waals surface area (Å²) in [6.45, 7) is 7.69. The number of carbonyl (C=O) groups excluding carboxylic acids is 4. The quantitative estimate of drug-likeness (QED) is 0.0311. The second-order valence-electron chi connectivity index (χ2n) is 22.2. The number of halogens is 4. The summed E-state index contributed by atoms with van der Waals surface area (Å²) in [5.41, 5.74) is 9.44. The molecule has 0 fully saturated rings. The Morgan fingerprint density at radius 2 is 0.512 bits per heavy atom. The Balaban J connectivity index is 1.51. The zero-order valence-corrected chi connectivity index (χ0v) is 51.9. The van der Waals surface area contributed by atoms with Crippen LogP contribution in [0, 0.1) is 0 Å². The van der Waals surface area contributed by atoms with Gasteiger partial charge in [-0.15, -0.1) is 46.4 Å². The average molecular weight is 1240 g/mol. The Labute approximate surface area is 513 Å². The molecule has 9 rings (SSSR count). The zero-order chi connectivity index (χ0) is 59.3. The molecular formula is C64H80Cl4N4O12. The number of amides is 4. The van der Waals surface area contributed by atoms with Crippen molar-refractivity contribution in [2.75, 3.05) is 50.7 Å². The Bertz CT molecular complexity index is 2510. The number of hydrogen-bond acceptors (Lipinski definition) is 12. The van der Waals surface area contributed by atoms with Crippen molar-refractivity contribution in [3.8, 4) is 46.0 Å². The highest BCUT2D eigenvalue weighted by atomic mass is 35.5. The first-order valence-corrected chi connectivity index (χ1v) is 32.3. The van der Waals surface area contributed by atoms with Gasteiger partial charge in [0.25, 0.3) is 0 Å². The molecule has 1 aliphatic carbocycles. The summed E-state index contributed by atoms with van der Waals surface area (Å²) in [5, 5.41) is 12.3. The van der Waals surface area contributed by atoms with Crippen molar-refractivity contribution in [3.05, 3.63) is 91.0 Å². The van der Waals surface area contributed by atoms with Gasteiger partial charge in [0.15, 0.2) is 0 Å². The van der Waals surface area contributed by atoms with Gasteiger partial charge in [0.05, 0.1) is 48.4 Å². The Kier molecular flexibility index (Phi) is 22.5. The molecule has 0 unspecified atom stereocenters. The van der Waals surface area contributed by atoms with E-state index in [-0.39, 0.29) is 100 Å². The number of unbranched alkanes of at least 4 members (excludes halogenated alkanes) is 8. The summed E-state index contributed by atoms with van der Waals surface area (Å²) in [6, 6.07) is 9.02. The lowest BCUT2D eigenvalue weighted by Gasteiger charge is -2.38. The van der Waals surface area contributed by atoms with Gasteiger partial charge in [0, 0.05) is 68.2 Å². The highest BCUT2D eigenvalue weighted by Gasteiger charge is 2.42. The van der Waals surface area contributed by atoms with Crippen molar-refractivity contribution in [3.63, 3.8) is 0 Å². The summed E-state index contributed by atoms with van der Waals surface area (Å²) in [5.74, 6) is -0.0686. The van der Waals surface area contributed by atoms with Crippen LogP contribution in [0.3, 0.4) is 0 Å². The Morgan fingerprint density at radius 1 is 0.333 bits per heavy atom. The van der Waals surface area contributed by atoms with Crippen LogP contribution in [0.4, 0.5) is 0 Å². The van der Waals surface area contributed by atoms with E-state index in [2.05, 4.69) is 73.2 Å². The first-order valence-electron chi connectivity index (χ1n) is 30.2. The normalized spacial score (nSPS) is 17.5. The molecule has 4 heterocycles. The molecule has 0 saturated heterocycles. The number of benzene rings is 4. The SMILES string of the molecule is CCCCCC1c2cc3c4c(CNC(=O)CCl)c2OCOc2c1cc1c(c2CNC(=O)CCl)OCOc2c(cc5c(c2CNC(=O)CCl)OCOc2c(cc(c(c2CNC(=O)CCl)OCO4)C3CCCCC)C5CCCCC)C1CCCCC. The molecule has 0 spiro atoms. The smallest absolute Gasteiger partial charge is 0.235 e. The molecule has 0 radical (unpaired) electrons. The second kappa shape index (κ2) is 30.1. The molecule has 456 valence electrons. The number of carbonyl (C=O) groups is 4. The zero-order valence-electron chi connectivity index (χ0n) is 48.8. The van der Waals surface area contributed by atoms with E-state index in [1.807, 2.05) is 0 Å². The Hall–Kier alpha value is -5.68. The van der Waals surface area contributed by atoms with Crippen LogP contribution < -0.4 is 59.2 Å². The minimum atomic E-state index is -0.404. The van der Waals surface area contributed by atoms with Crippen LogP contribution in [0.5, 0.6) is 46.0 Å². The van der Waals surface area contributed by atoms with Gasteiger partial charge in [-0.3, -0.25) is 19.2 Å². The van der Waals surface area contributed by atoms with Gasteiger partial charge in [-0.2, -0.15) is 0 Å². The molecule has 4 aromatic carbocycles. The van der Waals surface area contributed by atoms with Crippen LogP contribution in [0.15, 0.2) is 24.3 Å². The van der Waals surface area contributed by atoms with E-state index in [0.717, 1.165) is 122 Å². The first-order chi connectivity index (χ1) is 41.0. The van der Waals surface area contributed by atoms with E-state index in [9.17, 15) is 19.2 Å². The third-order valence-electron chi connectivity index (χ3n) is 16.9. The van der Waals surface area contributed by atoms with E-state index in [1.54, 1.807) is 0 Å². The third kappa shape index (κ3) is 13.6. The fraction of sp³-hybridized carbons (Fsp3) is 0.562. The molecule has 5 aliphatic rings. The molecule has 20 heteroatoms. The first kappa shape index (κ1) is 62.8. The molecule has 4 aliphatic heterocycles. The van der Waals surface area contributed by atoms with Gasteiger partial charge < -0.3 is 59.2 Å². The lowest BCUT2D eigenvalue weighted by atomic mass is 9.74. The Morgan fingerprint density at radius 3 is 0.667 bits per heavy atom. The van der Waals surface area contributed by atoms with Crippen LogP contribution in [-0.2, 0) is 45.4 Å². The summed E-state index contributed by atoms with van der Waals surface area (Å²) in [4.78, 5) is 53.5. The largest absolute Gasteiger partial charge is 0.457 e. The van der Waals surface area contributed by atoms with Crippen molar-refractivity contribution in [2.45, 2.75) is 180 Å². The standard InChI is InChI=1S/C64H80Cl4N4O12/c1-5-9-13-17-37-41-21-43-38(18-14-10-6-2)45-23-47-40(20-16-12-8-4)48-24-46-39(19-15-11-7-3)44-22-42(37)58-50(30-70-54(74)26-66)60(44)80-35-82-62(46)52(32-72-56(76)28-68)64(48)84-36-83-63(47)51(31-71-55(75)27-67)61(45)81-34-79-59(43)49(29-69-53(73)25-65)57(41)77-33-78-58/h21-24,37-40H,5-20,25-36H2,1-4H3,(H,69,73)(H,70,74)(H,71,75)(H,72,76). The highest BCUT2D eigenvalue weighted by Crippen LogP contribution is 2.58. The number of nitrogens with one attached hydrogen (secondary N) is 4. The van der Waals surface area contributed by atoms with Crippen molar-refractivity contribution in [1.29, 1.82) is 0 Å². The van der Waals surface area contributed by atoms with Gasteiger partial charge in [-0.25, -0.2) is 0 Å². The lowest BCUT2D eigenvalue weighted by molar-refractivity contribution is -0.119. The number of hydrogen-bond donors (Lipinski definition) is 4. The van der Waals surface area contributed by atoms with Crippen LogP contribution >= 0.6 is 46.4 Å². The predicted octanol–water partition coefficient (Wildman–Crippen LogP) is 13.2. The van der Waals surface area contributed by atoms with Gasteiger partial charge in [0.1, 0.15) is 69.5 Å². The molecule has 0 aromatic heterocycles. The summed E-state index contributed by atoms with van der Waals surface area (Å²) >= 11 is 24.9. The van der Waals surface area contributed by atoms with E-state index < -0.39 is 23.7 Å². The third-order valence-corrected chi connectivity index (χ3v) is 17.9. The lowest BCUT2D eigenvalue weighted by Crippen LogP contribution is -2.30. The van der Waals surface area contributed by atoms with Crippen molar-refractivity contribution >= 4 is 70.0 Å². The van der Waals surface area contributed by atoms with Gasteiger partial charge >= 0.3 is 0 Å². The van der Waals surface area contributed by atoms with E-state index in [0.29, 0.717) is 93.9 Å². The summed E-state index contributed by atoms with van der Waals surface area (Å²) < 4.78 is 55.6. The minimum Gasteiger partial charge on any atom is -0.457 e. The predicted molar refractivity (Wildman–Crippen MR) is 324 cm³/mol. The topological polar surface area (TPSA) is 190 Å². The fourth-order valence-electron chi connectivity index (χ4n) is 12.9. The number of ether oxygens (including phenoxy) is 8. The molecule has 0 saturated carbocycles. The average Bonchev–Trinajstić information content (AvgIpc) is 1.01. The maximum Gasteiger partial charge on any atom is 0.235 e. The molecule has 8 bridgehead atoms. The van der Waals surface area contributed by atoms with E-state index in [1.165, 1.54) is 0 Å². The van der Waals surface area contributed by atoms with Gasteiger partial charge in [-0.1, -0.05) is 105 Å². The molecule has 84 heavy (non-hydrogen) atoms. The van der Waals surface area contributed by atoms with Crippen LogP contribution in [-0.4, -0.2) is 74.3 Å². The number of alkyl halides is 4. The summed E-state index contributed by atoms with van der Waals surface area (Å²) in [6.07, 6.45) is 13.5. The molecular weight excluding hydrogens is 1160 g/mol. The van der Waals surface area contributed by atoms with Crippen molar-refractivity contribution in [2.24, 2.45) is 0 Å². The van der Waals surface area contributed by atoms with Crippen molar-refractivity contribution < 1.29 is 57.1 Å². The molecule has 4 N–H and O–H groups in total. The molecule has 4 amide bonds. The van der Waals surface area contributed by atoms with Gasteiger partial charge in [0.2, 0.25) is 50.8 Å². The van der Waals surface area contributed by atoms with Crippen LogP contribution in [0.1, 0.15) is 221 Å². The second-order valence-corrected chi connectivity index (χ2v) is 23.3. The van der Waals surface area contributed by atoms with E-state index in [4.69, 9.17) is 84.3 Å². The maximum absolute atomic E-state index is 13.4. The highest BCUT2D eigenvalue weighted by molar-refractivity contribution is 6.28. The molecule has 0 atom stereocenters. The van der Waals surface area contributed by atoms with E-state index >= 15 is 0 Å². The van der Waals surface area contributed by atoms with Crippen molar-refractivity contribution in [1.82, 2.24) is 21.3 Å². The van der Waals surface area contributed by atoms with Gasteiger partial charge in [-0.05, 0) is 49.9 Å².